The number of anilines is 1. The molecule has 0 aliphatic rings. The van der Waals surface area contributed by atoms with E-state index >= 15 is 0 Å². The first-order valence-electron chi connectivity index (χ1n) is 6.82. The van der Waals surface area contributed by atoms with Gasteiger partial charge in [0.2, 0.25) is 5.91 Å². The first kappa shape index (κ1) is 15.7. The van der Waals surface area contributed by atoms with Crippen molar-refractivity contribution < 1.29 is 9.90 Å². The van der Waals surface area contributed by atoms with Gasteiger partial charge in [-0.25, -0.2) is 0 Å². The maximum absolute atomic E-state index is 11.9. The molecule has 0 saturated carbocycles. The molecule has 1 amide bonds. The summed E-state index contributed by atoms with van der Waals surface area (Å²) in [7, 11) is 0. The minimum Gasteiger partial charge on any atom is -0.396 e. The quantitative estimate of drug-likeness (QED) is 0.857. The Bertz CT molecular complexity index is 404. The number of hydrogen-bond donors (Lipinski definition) is 2. The molecule has 3 nitrogen and oxygen atoms in total. The summed E-state index contributed by atoms with van der Waals surface area (Å²) in [4.78, 5) is 11.9. The SMILES string of the molecule is CC(CC(=O)Nc1ccc(CCO)cc1)C(C)(C)C. The minimum atomic E-state index is 0.0531. The van der Waals surface area contributed by atoms with Gasteiger partial charge >= 0.3 is 0 Å². The Morgan fingerprint density at radius 3 is 2.32 bits per heavy atom. The summed E-state index contributed by atoms with van der Waals surface area (Å²) >= 11 is 0. The Kier molecular flexibility index (Phi) is 5.55. The highest BCUT2D eigenvalue weighted by molar-refractivity contribution is 5.90. The molecule has 19 heavy (non-hydrogen) atoms. The molecular weight excluding hydrogens is 238 g/mol. The summed E-state index contributed by atoms with van der Waals surface area (Å²) < 4.78 is 0. The predicted molar refractivity (Wildman–Crippen MR) is 79.1 cm³/mol. The van der Waals surface area contributed by atoms with Crippen LogP contribution in [0.1, 0.15) is 39.7 Å². The van der Waals surface area contributed by atoms with Crippen LogP contribution in [0.4, 0.5) is 5.69 Å². The van der Waals surface area contributed by atoms with Gasteiger partial charge < -0.3 is 10.4 Å². The van der Waals surface area contributed by atoms with Gasteiger partial charge in [0.25, 0.3) is 0 Å². The highest BCUT2D eigenvalue weighted by Crippen LogP contribution is 2.28. The van der Waals surface area contributed by atoms with Crippen molar-refractivity contribution in [2.75, 3.05) is 11.9 Å². The molecule has 106 valence electrons. The van der Waals surface area contributed by atoms with Crippen LogP contribution in [0.5, 0.6) is 0 Å². The number of carbonyl (C=O) groups is 1. The number of aliphatic hydroxyl groups excluding tert-OH is 1. The van der Waals surface area contributed by atoms with Crippen molar-refractivity contribution in [1.29, 1.82) is 0 Å². The smallest absolute Gasteiger partial charge is 0.224 e. The average Bonchev–Trinajstić information content (AvgIpc) is 2.30. The zero-order chi connectivity index (χ0) is 14.5. The Morgan fingerprint density at radius 2 is 1.84 bits per heavy atom. The van der Waals surface area contributed by atoms with Crippen molar-refractivity contribution in [2.45, 2.75) is 40.5 Å². The van der Waals surface area contributed by atoms with Gasteiger partial charge in [0, 0.05) is 18.7 Å². The molecule has 1 atom stereocenters. The van der Waals surface area contributed by atoms with Crippen molar-refractivity contribution >= 4 is 11.6 Å². The number of rotatable bonds is 5. The average molecular weight is 263 g/mol. The lowest BCUT2D eigenvalue weighted by Crippen LogP contribution is -2.23. The third-order valence-electron chi connectivity index (χ3n) is 3.61. The second-order valence-electron chi connectivity index (χ2n) is 6.19. The summed E-state index contributed by atoms with van der Waals surface area (Å²) in [6.45, 7) is 8.69. The third-order valence-corrected chi connectivity index (χ3v) is 3.61. The zero-order valence-electron chi connectivity index (χ0n) is 12.4. The molecule has 1 unspecified atom stereocenters. The fourth-order valence-electron chi connectivity index (χ4n) is 1.68. The van der Waals surface area contributed by atoms with Crippen LogP contribution in [0.15, 0.2) is 24.3 Å². The van der Waals surface area contributed by atoms with E-state index in [0.717, 1.165) is 11.3 Å². The van der Waals surface area contributed by atoms with Crippen LogP contribution in [0.25, 0.3) is 0 Å². The molecule has 0 spiro atoms. The van der Waals surface area contributed by atoms with E-state index in [1.54, 1.807) is 0 Å². The van der Waals surface area contributed by atoms with Crippen molar-refractivity contribution in [3.63, 3.8) is 0 Å². The first-order valence-corrected chi connectivity index (χ1v) is 6.82. The van der Waals surface area contributed by atoms with Gasteiger partial charge in [-0.05, 0) is 35.4 Å². The van der Waals surface area contributed by atoms with Crippen molar-refractivity contribution in [2.24, 2.45) is 11.3 Å². The standard InChI is InChI=1S/C16H25NO2/c1-12(16(2,3)4)11-15(19)17-14-7-5-13(6-8-14)9-10-18/h5-8,12,18H,9-11H2,1-4H3,(H,17,19). The summed E-state index contributed by atoms with van der Waals surface area (Å²) in [5, 5.41) is 11.8. The highest BCUT2D eigenvalue weighted by Gasteiger charge is 2.22. The molecule has 1 aromatic carbocycles. The number of aliphatic hydroxyl groups is 1. The van der Waals surface area contributed by atoms with E-state index in [0.29, 0.717) is 18.8 Å². The largest absolute Gasteiger partial charge is 0.396 e. The van der Waals surface area contributed by atoms with Crippen LogP contribution >= 0.6 is 0 Å². The van der Waals surface area contributed by atoms with E-state index in [9.17, 15) is 4.79 Å². The summed E-state index contributed by atoms with van der Waals surface area (Å²) in [6, 6.07) is 7.62. The first-order chi connectivity index (χ1) is 8.82. The lowest BCUT2D eigenvalue weighted by Gasteiger charge is -2.26. The molecule has 0 bridgehead atoms. The molecular formula is C16H25NO2. The Labute approximate surface area is 116 Å². The van der Waals surface area contributed by atoms with Crippen LogP contribution in [-0.4, -0.2) is 17.6 Å². The number of amides is 1. The summed E-state index contributed by atoms with van der Waals surface area (Å²) in [5.41, 5.74) is 2.03. The Hall–Kier alpha value is -1.35. The second-order valence-corrected chi connectivity index (χ2v) is 6.19. The molecule has 0 radical (unpaired) electrons. The fraction of sp³-hybridized carbons (Fsp3) is 0.562. The van der Waals surface area contributed by atoms with E-state index in [-0.39, 0.29) is 17.9 Å². The molecule has 0 aliphatic heterocycles. The molecule has 3 heteroatoms. The summed E-state index contributed by atoms with van der Waals surface area (Å²) in [5.74, 6) is 0.387. The Morgan fingerprint density at radius 1 is 1.26 bits per heavy atom. The lowest BCUT2D eigenvalue weighted by molar-refractivity contribution is -0.117. The molecule has 0 saturated heterocycles. The van der Waals surface area contributed by atoms with E-state index in [4.69, 9.17) is 5.11 Å². The van der Waals surface area contributed by atoms with Crippen LogP contribution in [0.3, 0.4) is 0 Å². The molecule has 2 N–H and O–H groups in total. The Balaban J connectivity index is 2.53. The van der Waals surface area contributed by atoms with Crippen molar-refractivity contribution in [3.8, 4) is 0 Å². The topological polar surface area (TPSA) is 49.3 Å². The van der Waals surface area contributed by atoms with Gasteiger partial charge in [-0.2, -0.15) is 0 Å². The molecule has 0 aliphatic carbocycles. The fourth-order valence-corrected chi connectivity index (χ4v) is 1.68. The number of benzene rings is 1. The van der Waals surface area contributed by atoms with E-state index in [1.165, 1.54) is 0 Å². The summed E-state index contributed by atoms with van der Waals surface area (Å²) in [6.07, 6.45) is 1.18. The van der Waals surface area contributed by atoms with Gasteiger partial charge in [0.15, 0.2) is 0 Å². The third kappa shape index (κ3) is 5.43. The van der Waals surface area contributed by atoms with E-state index < -0.39 is 0 Å². The van der Waals surface area contributed by atoms with Gasteiger partial charge in [0.05, 0.1) is 0 Å². The van der Waals surface area contributed by atoms with Crippen LogP contribution < -0.4 is 5.32 Å². The van der Waals surface area contributed by atoms with E-state index in [2.05, 4.69) is 33.0 Å². The lowest BCUT2D eigenvalue weighted by atomic mass is 9.80. The zero-order valence-corrected chi connectivity index (χ0v) is 12.4. The number of nitrogens with one attached hydrogen (secondary N) is 1. The number of carbonyl (C=O) groups excluding carboxylic acids is 1. The molecule has 1 aromatic rings. The van der Waals surface area contributed by atoms with Gasteiger partial charge in [-0.15, -0.1) is 0 Å². The van der Waals surface area contributed by atoms with Crippen molar-refractivity contribution in [3.05, 3.63) is 29.8 Å². The predicted octanol–water partition coefficient (Wildman–Crippen LogP) is 3.23. The minimum absolute atomic E-state index is 0.0531. The van der Waals surface area contributed by atoms with Crippen LogP contribution in [0.2, 0.25) is 0 Å². The second kappa shape index (κ2) is 6.71. The molecule has 0 heterocycles. The molecule has 1 rings (SSSR count). The maximum atomic E-state index is 11.9. The van der Waals surface area contributed by atoms with E-state index in [1.807, 2.05) is 24.3 Å². The van der Waals surface area contributed by atoms with Crippen LogP contribution in [-0.2, 0) is 11.2 Å². The highest BCUT2D eigenvalue weighted by atomic mass is 16.2. The molecule has 0 aromatic heterocycles. The number of hydrogen-bond acceptors (Lipinski definition) is 2. The van der Waals surface area contributed by atoms with Gasteiger partial charge in [0.1, 0.15) is 0 Å². The van der Waals surface area contributed by atoms with Crippen molar-refractivity contribution in [1.82, 2.24) is 0 Å². The van der Waals surface area contributed by atoms with Gasteiger partial charge in [-0.1, -0.05) is 39.8 Å². The maximum Gasteiger partial charge on any atom is 0.224 e. The monoisotopic (exact) mass is 263 g/mol. The molecule has 0 fully saturated rings. The van der Waals surface area contributed by atoms with Crippen LogP contribution in [0, 0.1) is 11.3 Å². The normalized spacial score (nSPS) is 13.1. The van der Waals surface area contributed by atoms with Gasteiger partial charge in [-0.3, -0.25) is 4.79 Å².